The normalized spacial score (nSPS) is 12.0. The van der Waals surface area contributed by atoms with Crippen molar-refractivity contribution >= 4 is 22.9 Å². The SMILES string of the molecule is CC(C)(C)CNCc1ccc(Cl)s1. The average molecular weight is 218 g/mol. The Balaban J connectivity index is 2.28. The number of hydrogen-bond acceptors (Lipinski definition) is 2. The van der Waals surface area contributed by atoms with Crippen molar-refractivity contribution in [1.29, 1.82) is 0 Å². The van der Waals surface area contributed by atoms with Crippen LogP contribution in [0.2, 0.25) is 4.34 Å². The van der Waals surface area contributed by atoms with Gasteiger partial charge in [-0.05, 0) is 17.5 Å². The van der Waals surface area contributed by atoms with Crippen LogP contribution in [0.25, 0.3) is 0 Å². The fourth-order valence-corrected chi connectivity index (χ4v) is 2.06. The monoisotopic (exact) mass is 217 g/mol. The van der Waals surface area contributed by atoms with Crippen molar-refractivity contribution in [3.8, 4) is 0 Å². The second-order valence-corrected chi connectivity index (χ2v) is 6.17. The van der Waals surface area contributed by atoms with E-state index in [1.165, 1.54) is 4.88 Å². The zero-order valence-corrected chi connectivity index (χ0v) is 9.93. The highest BCUT2D eigenvalue weighted by Gasteiger charge is 2.08. The van der Waals surface area contributed by atoms with Gasteiger partial charge in [-0.15, -0.1) is 11.3 Å². The van der Waals surface area contributed by atoms with Crippen LogP contribution >= 0.6 is 22.9 Å². The van der Waals surface area contributed by atoms with E-state index in [0.29, 0.717) is 5.41 Å². The van der Waals surface area contributed by atoms with Crippen molar-refractivity contribution in [3.05, 3.63) is 21.3 Å². The molecule has 1 aromatic heterocycles. The van der Waals surface area contributed by atoms with Gasteiger partial charge in [-0.2, -0.15) is 0 Å². The predicted octanol–water partition coefficient (Wildman–Crippen LogP) is 3.54. The van der Waals surface area contributed by atoms with E-state index in [2.05, 4.69) is 32.2 Å². The van der Waals surface area contributed by atoms with Crippen LogP contribution in [0.4, 0.5) is 0 Å². The molecule has 0 spiro atoms. The van der Waals surface area contributed by atoms with Crippen LogP contribution < -0.4 is 5.32 Å². The first-order valence-electron chi connectivity index (χ1n) is 4.42. The Hall–Kier alpha value is -0.0500. The van der Waals surface area contributed by atoms with Crippen molar-refractivity contribution < 1.29 is 0 Å². The maximum Gasteiger partial charge on any atom is 0.0931 e. The van der Waals surface area contributed by atoms with Crippen LogP contribution in [0, 0.1) is 5.41 Å². The summed E-state index contributed by atoms with van der Waals surface area (Å²) in [5.74, 6) is 0. The quantitative estimate of drug-likeness (QED) is 0.817. The van der Waals surface area contributed by atoms with Gasteiger partial charge < -0.3 is 5.32 Å². The molecule has 0 fully saturated rings. The van der Waals surface area contributed by atoms with Gasteiger partial charge in [-0.25, -0.2) is 0 Å². The number of halogens is 1. The average Bonchev–Trinajstić information content (AvgIpc) is 2.33. The van der Waals surface area contributed by atoms with Crippen LogP contribution in [0.5, 0.6) is 0 Å². The molecule has 0 aliphatic heterocycles. The predicted molar refractivity (Wildman–Crippen MR) is 60.5 cm³/mol. The lowest BCUT2D eigenvalue weighted by atomic mass is 9.97. The Kier molecular flexibility index (Phi) is 3.77. The van der Waals surface area contributed by atoms with E-state index in [0.717, 1.165) is 17.4 Å². The summed E-state index contributed by atoms with van der Waals surface area (Å²) in [6.07, 6.45) is 0. The van der Waals surface area contributed by atoms with Gasteiger partial charge in [-0.3, -0.25) is 0 Å². The molecule has 3 heteroatoms. The van der Waals surface area contributed by atoms with E-state index in [4.69, 9.17) is 11.6 Å². The summed E-state index contributed by atoms with van der Waals surface area (Å²) in [6, 6.07) is 4.02. The van der Waals surface area contributed by atoms with E-state index in [-0.39, 0.29) is 0 Å². The Bertz CT molecular complexity index is 262. The zero-order valence-electron chi connectivity index (χ0n) is 8.36. The molecule has 0 saturated heterocycles. The molecule has 1 nitrogen and oxygen atoms in total. The minimum atomic E-state index is 0.348. The van der Waals surface area contributed by atoms with E-state index in [1.54, 1.807) is 11.3 Å². The minimum absolute atomic E-state index is 0.348. The van der Waals surface area contributed by atoms with Crippen molar-refractivity contribution in [1.82, 2.24) is 5.32 Å². The molecule has 0 radical (unpaired) electrons. The van der Waals surface area contributed by atoms with Gasteiger partial charge in [-0.1, -0.05) is 32.4 Å². The van der Waals surface area contributed by atoms with Crippen molar-refractivity contribution in [2.24, 2.45) is 5.41 Å². The summed E-state index contributed by atoms with van der Waals surface area (Å²) >= 11 is 7.46. The highest BCUT2D eigenvalue weighted by Crippen LogP contribution is 2.21. The molecule has 13 heavy (non-hydrogen) atoms. The maximum atomic E-state index is 5.82. The largest absolute Gasteiger partial charge is 0.311 e. The molecule has 0 aliphatic rings. The van der Waals surface area contributed by atoms with Crippen LogP contribution in [0.3, 0.4) is 0 Å². The first-order chi connectivity index (χ1) is 5.97. The van der Waals surface area contributed by atoms with Crippen LogP contribution in [-0.4, -0.2) is 6.54 Å². The Morgan fingerprint density at radius 2 is 2.08 bits per heavy atom. The molecule has 1 heterocycles. The van der Waals surface area contributed by atoms with E-state index < -0.39 is 0 Å². The summed E-state index contributed by atoms with van der Waals surface area (Å²) in [5, 5.41) is 3.41. The minimum Gasteiger partial charge on any atom is -0.311 e. The molecule has 1 aromatic rings. The van der Waals surface area contributed by atoms with Gasteiger partial charge in [0.2, 0.25) is 0 Å². The summed E-state index contributed by atoms with van der Waals surface area (Å²) in [7, 11) is 0. The van der Waals surface area contributed by atoms with Crippen LogP contribution in [0.15, 0.2) is 12.1 Å². The Morgan fingerprint density at radius 3 is 2.54 bits per heavy atom. The lowest BCUT2D eigenvalue weighted by molar-refractivity contribution is 0.380. The van der Waals surface area contributed by atoms with Gasteiger partial charge in [0.05, 0.1) is 4.34 Å². The molecule has 0 aromatic carbocycles. The van der Waals surface area contributed by atoms with Crippen molar-refractivity contribution in [3.63, 3.8) is 0 Å². The molecule has 1 rings (SSSR count). The maximum absolute atomic E-state index is 5.82. The molecule has 0 atom stereocenters. The summed E-state index contributed by atoms with van der Waals surface area (Å²) < 4.78 is 0.868. The second kappa shape index (κ2) is 4.45. The molecule has 74 valence electrons. The third kappa shape index (κ3) is 4.65. The second-order valence-electron chi connectivity index (χ2n) is 4.37. The van der Waals surface area contributed by atoms with Crippen LogP contribution in [0.1, 0.15) is 25.6 Å². The highest BCUT2D eigenvalue weighted by atomic mass is 35.5. The van der Waals surface area contributed by atoms with Crippen molar-refractivity contribution in [2.45, 2.75) is 27.3 Å². The molecule has 0 amide bonds. The topological polar surface area (TPSA) is 12.0 Å². The number of nitrogens with one attached hydrogen (secondary N) is 1. The summed E-state index contributed by atoms with van der Waals surface area (Å²) in [5.41, 5.74) is 0.348. The fraction of sp³-hybridized carbons (Fsp3) is 0.600. The molecule has 0 saturated carbocycles. The van der Waals surface area contributed by atoms with Gasteiger partial charge in [0, 0.05) is 18.0 Å². The fourth-order valence-electron chi connectivity index (χ4n) is 1.01. The van der Waals surface area contributed by atoms with Gasteiger partial charge in [0.1, 0.15) is 0 Å². The molecular weight excluding hydrogens is 202 g/mol. The van der Waals surface area contributed by atoms with E-state index >= 15 is 0 Å². The summed E-state index contributed by atoms with van der Waals surface area (Å²) in [6.45, 7) is 8.63. The van der Waals surface area contributed by atoms with Crippen LogP contribution in [-0.2, 0) is 6.54 Å². The summed E-state index contributed by atoms with van der Waals surface area (Å²) in [4.78, 5) is 1.30. The number of hydrogen-bond donors (Lipinski definition) is 1. The first-order valence-corrected chi connectivity index (χ1v) is 5.62. The van der Waals surface area contributed by atoms with Gasteiger partial charge in [0.25, 0.3) is 0 Å². The zero-order chi connectivity index (χ0) is 9.90. The van der Waals surface area contributed by atoms with Crippen molar-refractivity contribution in [2.75, 3.05) is 6.54 Å². The molecule has 1 N–H and O–H groups in total. The molecule has 0 unspecified atom stereocenters. The third-order valence-corrected chi connectivity index (χ3v) is 2.81. The van der Waals surface area contributed by atoms with Gasteiger partial charge in [0.15, 0.2) is 0 Å². The Labute approximate surface area is 89.1 Å². The number of rotatable bonds is 3. The Morgan fingerprint density at radius 1 is 1.38 bits per heavy atom. The van der Waals surface area contributed by atoms with E-state index in [1.807, 2.05) is 6.07 Å². The van der Waals surface area contributed by atoms with Gasteiger partial charge >= 0.3 is 0 Å². The molecule has 0 aliphatic carbocycles. The molecule has 0 bridgehead atoms. The third-order valence-electron chi connectivity index (χ3n) is 1.58. The highest BCUT2D eigenvalue weighted by molar-refractivity contribution is 7.16. The smallest absolute Gasteiger partial charge is 0.0931 e. The lowest BCUT2D eigenvalue weighted by Crippen LogP contribution is -2.25. The van der Waals surface area contributed by atoms with E-state index in [9.17, 15) is 0 Å². The first kappa shape index (κ1) is 11.0. The standard InChI is InChI=1S/C10H16ClNS/c1-10(2,3)7-12-6-8-4-5-9(11)13-8/h4-5,12H,6-7H2,1-3H3. The lowest BCUT2D eigenvalue weighted by Gasteiger charge is -2.18. The number of thiophene rings is 1. The molecular formula is C10H16ClNS.